The quantitative estimate of drug-likeness (QED) is 0.578. The largest absolute Gasteiger partial charge is 0.459 e. The number of furan rings is 1. The number of unbranched alkanes of at least 4 members (excludes halogenated alkanes) is 1. The first-order valence-electron chi connectivity index (χ1n) is 8.77. The van der Waals surface area contributed by atoms with Gasteiger partial charge in [-0.05, 0) is 30.7 Å². The standard InChI is InChI=1S/C20H17N5O2/c1-2-3-10-25-18(24-20(26)16-9-6-11-27-16)13(12-21)17-19(25)23-15-8-5-4-7-14(15)22-17/h4-9,11H,2-3,10H2,1H3,(H,24,26). The highest BCUT2D eigenvalue weighted by Crippen LogP contribution is 2.30. The number of nitrogens with one attached hydrogen (secondary N) is 1. The van der Waals surface area contributed by atoms with E-state index in [2.05, 4.69) is 23.3 Å². The van der Waals surface area contributed by atoms with Crippen LogP contribution in [0, 0.1) is 11.3 Å². The van der Waals surface area contributed by atoms with E-state index in [1.165, 1.54) is 6.26 Å². The Kier molecular flexibility index (Phi) is 4.30. The molecular weight excluding hydrogens is 342 g/mol. The number of nitriles is 1. The minimum Gasteiger partial charge on any atom is -0.459 e. The summed E-state index contributed by atoms with van der Waals surface area (Å²) < 4.78 is 7.02. The van der Waals surface area contributed by atoms with Gasteiger partial charge in [-0.2, -0.15) is 5.26 Å². The highest BCUT2D eigenvalue weighted by Gasteiger charge is 2.23. The smallest absolute Gasteiger partial charge is 0.292 e. The molecule has 0 bridgehead atoms. The summed E-state index contributed by atoms with van der Waals surface area (Å²) in [5.41, 5.74) is 2.83. The number of fused-ring (bicyclic) bond motifs is 2. The van der Waals surface area contributed by atoms with Crippen molar-refractivity contribution < 1.29 is 9.21 Å². The number of rotatable bonds is 5. The Labute approximate surface area is 155 Å². The Morgan fingerprint density at radius 3 is 2.67 bits per heavy atom. The lowest BCUT2D eigenvalue weighted by molar-refractivity contribution is 0.0996. The monoisotopic (exact) mass is 359 g/mol. The van der Waals surface area contributed by atoms with E-state index in [-0.39, 0.29) is 5.76 Å². The summed E-state index contributed by atoms with van der Waals surface area (Å²) in [6, 6.07) is 12.9. The molecule has 0 aliphatic rings. The van der Waals surface area contributed by atoms with Crippen LogP contribution in [0.25, 0.3) is 22.2 Å². The Morgan fingerprint density at radius 1 is 1.22 bits per heavy atom. The molecule has 7 nitrogen and oxygen atoms in total. The summed E-state index contributed by atoms with van der Waals surface area (Å²) in [6.07, 6.45) is 3.28. The molecule has 0 aliphatic heterocycles. The molecule has 1 N–H and O–H groups in total. The molecule has 0 saturated carbocycles. The van der Waals surface area contributed by atoms with Crippen molar-refractivity contribution in [2.24, 2.45) is 0 Å². The van der Waals surface area contributed by atoms with E-state index in [1.807, 2.05) is 28.8 Å². The number of amides is 1. The fourth-order valence-corrected chi connectivity index (χ4v) is 3.05. The molecule has 27 heavy (non-hydrogen) atoms. The average molecular weight is 359 g/mol. The van der Waals surface area contributed by atoms with Gasteiger partial charge in [0.1, 0.15) is 23.0 Å². The normalized spacial score (nSPS) is 11.0. The number of para-hydroxylation sites is 2. The maximum absolute atomic E-state index is 12.5. The number of hydrogen-bond donors (Lipinski definition) is 1. The first-order valence-corrected chi connectivity index (χ1v) is 8.77. The number of hydrogen-bond acceptors (Lipinski definition) is 5. The highest BCUT2D eigenvalue weighted by molar-refractivity contribution is 6.05. The lowest BCUT2D eigenvalue weighted by Gasteiger charge is -2.10. The fraction of sp³-hybridized carbons (Fsp3) is 0.200. The van der Waals surface area contributed by atoms with Crippen molar-refractivity contribution in [1.29, 1.82) is 5.26 Å². The number of carbonyl (C=O) groups excluding carboxylic acids is 1. The van der Waals surface area contributed by atoms with E-state index in [9.17, 15) is 10.1 Å². The molecule has 3 heterocycles. The molecule has 0 radical (unpaired) electrons. The number of anilines is 1. The molecule has 0 saturated heterocycles. The molecule has 0 fully saturated rings. The molecule has 4 rings (SSSR count). The fourth-order valence-electron chi connectivity index (χ4n) is 3.05. The Balaban J connectivity index is 1.93. The Bertz CT molecular complexity index is 1170. The lowest BCUT2D eigenvalue weighted by Crippen LogP contribution is -2.15. The molecular formula is C20H17N5O2. The van der Waals surface area contributed by atoms with Crippen molar-refractivity contribution in [2.45, 2.75) is 26.3 Å². The first-order chi connectivity index (χ1) is 13.2. The van der Waals surface area contributed by atoms with Gasteiger partial charge >= 0.3 is 0 Å². The van der Waals surface area contributed by atoms with E-state index in [0.717, 1.165) is 18.4 Å². The predicted octanol–water partition coefficient (Wildman–Crippen LogP) is 4.10. The topological polar surface area (TPSA) is 96.7 Å². The van der Waals surface area contributed by atoms with Crippen LogP contribution in [0.5, 0.6) is 0 Å². The van der Waals surface area contributed by atoms with Gasteiger partial charge in [-0.15, -0.1) is 0 Å². The van der Waals surface area contributed by atoms with E-state index < -0.39 is 5.91 Å². The second kappa shape index (κ2) is 6.92. The van der Waals surface area contributed by atoms with Crippen LogP contribution in [0.15, 0.2) is 47.1 Å². The highest BCUT2D eigenvalue weighted by atomic mass is 16.3. The molecule has 0 unspecified atom stereocenters. The summed E-state index contributed by atoms with van der Waals surface area (Å²) in [7, 11) is 0. The summed E-state index contributed by atoms with van der Waals surface area (Å²) in [5, 5.41) is 12.6. The van der Waals surface area contributed by atoms with Crippen molar-refractivity contribution >= 4 is 33.9 Å². The predicted molar refractivity (Wildman–Crippen MR) is 101 cm³/mol. The number of carbonyl (C=O) groups is 1. The maximum Gasteiger partial charge on any atom is 0.292 e. The average Bonchev–Trinajstić information content (AvgIpc) is 3.31. The van der Waals surface area contributed by atoms with Crippen LogP contribution in [0.4, 0.5) is 5.82 Å². The van der Waals surface area contributed by atoms with Crippen LogP contribution < -0.4 is 5.32 Å². The van der Waals surface area contributed by atoms with Crippen LogP contribution in [-0.2, 0) is 6.54 Å². The number of benzene rings is 1. The molecule has 0 spiro atoms. The molecule has 3 aromatic heterocycles. The second-order valence-corrected chi connectivity index (χ2v) is 6.16. The zero-order chi connectivity index (χ0) is 18.8. The third-order valence-corrected chi connectivity index (χ3v) is 4.38. The maximum atomic E-state index is 12.5. The SMILES string of the molecule is CCCCn1c(NC(=O)c2ccco2)c(C#N)c2nc3ccccc3nc21. The molecule has 1 amide bonds. The molecule has 0 aliphatic carbocycles. The van der Waals surface area contributed by atoms with E-state index in [4.69, 9.17) is 9.40 Å². The van der Waals surface area contributed by atoms with E-state index in [1.54, 1.807) is 12.1 Å². The number of nitrogens with zero attached hydrogens (tertiary/aromatic N) is 4. The van der Waals surface area contributed by atoms with Gasteiger partial charge in [0.05, 0.1) is 17.3 Å². The van der Waals surface area contributed by atoms with Gasteiger partial charge in [0.25, 0.3) is 5.91 Å². The van der Waals surface area contributed by atoms with Gasteiger partial charge < -0.3 is 14.3 Å². The van der Waals surface area contributed by atoms with Crippen molar-refractivity contribution in [3.63, 3.8) is 0 Å². The summed E-state index contributed by atoms with van der Waals surface area (Å²) in [4.78, 5) is 21.8. The summed E-state index contributed by atoms with van der Waals surface area (Å²) in [5.74, 6) is 0.163. The number of aromatic nitrogens is 3. The first kappa shape index (κ1) is 16.8. The van der Waals surface area contributed by atoms with Crippen LogP contribution >= 0.6 is 0 Å². The minimum absolute atomic E-state index is 0.178. The van der Waals surface area contributed by atoms with E-state index >= 15 is 0 Å². The zero-order valence-corrected chi connectivity index (χ0v) is 14.8. The van der Waals surface area contributed by atoms with Crippen molar-refractivity contribution in [2.75, 3.05) is 5.32 Å². The molecule has 7 heteroatoms. The van der Waals surface area contributed by atoms with Crippen LogP contribution in [0.3, 0.4) is 0 Å². The molecule has 4 aromatic rings. The van der Waals surface area contributed by atoms with Gasteiger partial charge in [0.15, 0.2) is 11.4 Å². The van der Waals surface area contributed by atoms with Crippen LogP contribution in [-0.4, -0.2) is 20.4 Å². The second-order valence-electron chi connectivity index (χ2n) is 6.16. The van der Waals surface area contributed by atoms with Gasteiger partial charge in [0.2, 0.25) is 0 Å². The number of aryl methyl sites for hydroxylation is 1. The summed E-state index contributed by atoms with van der Waals surface area (Å²) >= 11 is 0. The Hall–Kier alpha value is -3.66. The van der Waals surface area contributed by atoms with Crippen LogP contribution in [0.2, 0.25) is 0 Å². The molecule has 134 valence electrons. The van der Waals surface area contributed by atoms with Gasteiger partial charge in [-0.25, -0.2) is 9.97 Å². The van der Waals surface area contributed by atoms with Gasteiger partial charge in [-0.3, -0.25) is 4.79 Å². The van der Waals surface area contributed by atoms with Crippen molar-refractivity contribution in [3.05, 3.63) is 54.0 Å². The van der Waals surface area contributed by atoms with Crippen molar-refractivity contribution in [3.8, 4) is 6.07 Å². The zero-order valence-electron chi connectivity index (χ0n) is 14.8. The van der Waals surface area contributed by atoms with Gasteiger partial charge in [0, 0.05) is 6.54 Å². The van der Waals surface area contributed by atoms with Gasteiger partial charge in [-0.1, -0.05) is 25.5 Å². The Morgan fingerprint density at radius 2 is 2.00 bits per heavy atom. The van der Waals surface area contributed by atoms with Crippen molar-refractivity contribution in [1.82, 2.24) is 14.5 Å². The lowest BCUT2D eigenvalue weighted by atomic mass is 10.2. The van der Waals surface area contributed by atoms with Crippen LogP contribution in [0.1, 0.15) is 35.9 Å². The van der Waals surface area contributed by atoms with E-state index in [0.29, 0.717) is 34.6 Å². The molecule has 1 aromatic carbocycles. The third kappa shape index (κ3) is 2.91. The summed E-state index contributed by atoms with van der Waals surface area (Å²) in [6.45, 7) is 2.70. The molecule has 0 atom stereocenters. The third-order valence-electron chi connectivity index (χ3n) is 4.38. The minimum atomic E-state index is -0.415.